The number of nitrogens with zero attached hydrogens (tertiary/aromatic N) is 1. The molecule has 9 heavy (non-hydrogen) atoms. The second kappa shape index (κ2) is 1.69. The largest absolute Gasteiger partial charge is 0.261 e. The molecule has 0 aromatic rings. The Morgan fingerprint density at radius 3 is 3.11 bits per heavy atom. The summed E-state index contributed by atoms with van der Waals surface area (Å²) in [5.74, 6) is 0. The lowest BCUT2D eigenvalue weighted by Crippen LogP contribution is -2.01. The molecule has 2 rings (SSSR count). The van der Waals surface area contributed by atoms with E-state index in [-0.39, 0.29) is 0 Å². The van der Waals surface area contributed by atoms with Crippen molar-refractivity contribution in [1.29, 1.82) is 0 Å². The van der Waals surface area contributed by atoms with Gasteiger partial charge < -0.3 is 0 Å². The van der Waals surface area contributed by atoms with E-state index in [2.05, 4.69) is 11.1 Å². The van der Waals surface area contributed by atoms with Crippen molar-refractivity contribution in [3.63, 3.8) is 0 Å². The molecule has 44 valence electrons. The van der Waals surface area contributed by atoms with Gasteiger partial charge in [-0.2, -0.15) is 0 Å². The monoisotopic (exact) mass is 117 g/mol. The molecule has 1 nitrogen and oxygen atoms in total. The summed E-state index contributed by atoms with van der Waals surface area (Å²) in [6.07, 6.45) is 11.1. The van der Waals surface area contributed by atoms with E-state index in [9.17, 15) is 0 Å². The van der Waals surface area contributed by atoms with Gasteiger partial charge in [-0.25, -0.2) is 0 Å². The van der Waals surface area contributed by atoms with Gasteiger partial charge in [-0.1, -0.05) is 12.2 Å². The Labute approximate surface area is 54.1 Å². The van der Waals surface area contributed by atoms with Crippen LogP contribution in [0.15, 0.2) is 41.1 Å². The summed E-state index contributed by atoms with van der Waals surface area (Å²) in [5, 5.41) is 0. The SMILES string of the molecule is C1=CC2=NC=CC(=C1)C2. The van der Waals surface area contributed by atoms with E-state index in [1.54, 1.807) is 0 Å². The standard InChI is InChI=1S/C8H7N/c1-2-7-4-5-9-8(3-1)6-7/h1-5H,6H2. The van der Waals surface area contributed by atoms with E-state index in [0.717, 1.165) is 6.42 Å². The predicted octanol–water partition coefficient (Wildman–Crippen LogP) is 1.84. The first kappa shape index (κ1) is 4.74. The first-order chi connectivity index (χ1) is 4.45. The molecule has 0 unspecified atom stereocenters. The highest BCUT2D eigenvalue weighted by atomic mass is 14.7. The van der Waals surface area contributed by atoms with E-state index < -0.39 is 0 Å². The first-order valence-electron chi connectivity index (χ1n) is 3.05. The van der Waals surface area contributed by atoms with Gasteiger partial charge in [0, 0.05) is 18.3 Å². The third kappa shape index (κ3) is 0.743. The zero-order chi connectivity index (χ0) is 6.10. The van der Waals surface area contributed by atoms with Gasteiger partial charge in [0.05, 0.1) is 0 Å². The lowest BCUT2D eigenvalue weighted by Gasteiger charge is -2.09. The molecule has 2 bridgehead atoms. The van der Waals surface area contributed by atoms with Crippen LogP contribution in [-0.4, -0.2) is 5.71 Å². The number of aliphatic imine (C=N–C) groups is 1. The second-order valence-corrected chi connectivity index (χ2v) is 2.21. The number of fused-ring (bicyclic) bond motifs is 2. The number of hydrogen-bond donors (Lipinski definition) is 0. The number of rotatable bonds is 0. The molecule has 0 N–H and O–H groups in total. The molecule has 0 saturated carbocycles. The average Bonchev–Trinajstić information content (AvgIpc) is 1.88. The van der Waals surface area contributed by atoms with Crippen molar-refractivity contribution in [2.24, 2.45) is 4.99 Å². The fraction of sp³-hybridized carbons (Fsp3) is 0.125. The highest BCUT2D eigenvalue weighted by Crippen LogP contribution is 2.15. The van der Waals surface area contributed by atoms with Gasteiger partial charge in [-0.3, -0.25) is 4.99 Å². The molecule has 1 heteroatoms. The summed E-state index contributed by atoms with van der Waals surface area (Å²) in [6, 6.07) is 0. The summed E-state index contributed by atoms with van der Waals surface area (Å²) in [6.45, 7) is 0. The highest BCUT2D eigenvalue weighted by molar-refractivity contribution is 5.99. The summed E-state index contributed by atoms with van der Waals surface area (Å²) in [7, 11) is 0. The summed E-state index contributed by atoms with van der Waals surface area (Å²) in [4.78, 5) is 4.16. The molecule has 2 aliphatic rings. The maximum Gasteiger partial charge on any atom is 0.0447 e. The Kier molecular flexibility index (Phi) is 0.890. The normalized spacial score (nSPS) is 21.3. The van der Waals surface area contributed by atoms with Crippen LogP contribution in [0.1, 0.15) is 6.42 Å². The summed E-state index contributed by atoms with van der Waals surface area (Å²) >= 11 is 0. The topological polar surface area (TPSA) is 12.4 Å². The van der Waals surface area contributed by atoms with Crippen molar-refractivity contribution in [1.82, 2.24) is 0 Å². The van der Waals surface area contributed by atoms with E-state index in [1.165, 1.54) is 11.3 Å². The van der Waals surface area contributed by atoms with Crippen molar-refractivity contribution in [3.05, 3.63) is 36.1 Å². The van der Waals surface area contributed by atoms with Crippen LogP contribution in [0.2, 0.25) is 0 Å². The molecule has 1 heterocycles. The van der Waals surface area contributed by atoms with Crippen molar-refractivity contribution < 1.29 is 0 Å². The van der Waals surface area contributed by atoms with E-state index in [1.807, 2.05) is 24.4 Å². The van der Waals surface area contributed by atoms with Crippen LogP contribution in [-0.2, 0) is 0 Å². The Morgan fingerprint density at radius 2 is 2.33 bits per heavy atom. The maximum absolute atomic E-state index is 4.16. The molecule has 0 spiro atoms. The van der Waals surface area contributed by atoms with Crippen molar-refractivity contribution >= 4 is 5.71 Å². The molecule has 0 radical (unpaired) electrons. The fourth-order valence-corrected chi connectivity index (χ4v) is 1.04. The summed E-state index contributed by atoms with van der Waals surface area (Å²) in [5.41, 5.74) is 2.54. The molecule has 1 aliphatic heterocycles. The van der Waals surface area contributed by atoms with Crippen LogP contribution in [0.25, 0.3) is 0 Å². The maximum atomic E-state index is 4.16. The summed E-state index contributed by atoms with van der Waals surface area (Å²) < 4.78 is 0. The minimum Gasteiger partial charge on any atom is -0.261 e. The minimum absolute atomic E-state index is 1.02. The predicted molar refractivity (Wildman–Crippen MR) is 38.4 cm³/mol. The van der Waals surface area contributed by atoms with Gasteiger partial charge >= 0.3 is 0 Å². The minimum atomic E-state index is 1.02. The molecule has 0 saturated heterocycles. The molecular formula is C8H7N. The van der Waals surface area contributed by atoms with E-state index >= 15 is 0 Å². The first-order valence-corrected chi connectivity index (χ1v) is 3.05. The second-order valence-electron chi connectivity index (χ2n) is 2.21. The zero-order valence-electron chi connectivity index (χ0n) is 5.04. The Bertz CT molecular complexity index is 215. The quantitative estimate of drug-likeness (QED) is 0.459. The Balaban J connectivity index is 2.50. The van der Waals surface area contributed by atoms with Crippen LogP contribution in [0, 0.1) is 0 Å². The Morgan fingerprint density at radius 1 is 1.33 bits per heavy atom. The van der Waals surface area contributed by atoms with E-state index in [0.29, 0.717) is 0 Å². The number of allylic oxidation sites excluding steroid dienone is 5. The van der Waals surface area contributed by atoms with Gasteiger partial charge in [0.15, 0.2) is 0 Å². The van der Waals surface area contributed by atoms with Crippen LogP contribution < -0.4 is 0 Å². The molecule has 0 aromatic carbocycles. The Hall–Kier alpha value is -1.11. The molecule has 0 fully saturated rings. The highest BCUT2D eigenvalue weighted by Gasteiger charge is 2.04. The molecule has 0 amide bonds. The number of hydrogen-bond acceptors (Lipinski definition) is 1. The van der Waals surface area contributed by atoms with Crippen molar-refractivity contribution in [2.45, 2.75) is 6.42 Å². The lowest BCUT2D eigenvalue weighted by atomic mass is 10.0. The van der Waals surface area contributed by atoms with Crippen LogP contribution in [0.4, 0.5) is 0 Å². The average molecular weight is 117 g/mol. The third-order valence-corrected chi connectivity index (χ3v) is 1.51. The van der Waals surface area contributed by atoms with Crippen LogP contribution in [0.5, 0.6) is 0 Å². The van der Waals surface area contributed by atoms with Gasteiger partial charge in [0.25, 0.3) is 0 Å². The van der Waals surface area contributed by atoms with Gasteiger partial charge in [0.2, 0.25) is 0 Å². The van der Waals surface area contributed by atoms with Crippen molar-refractivity contribution in [3.8, 4) is 0 Å². The third-order valence-electron chi connectivity index (χ3n) is 1.51. The van der Waals surface area contributed by atoms with Crippen LogP contribution in [0.3, 0.4) is 0 Å². The van der Waals surface area contributed by atoms with Crippen LogP contribution >= 0.6 is 0 Å². The fourth-order valence-electron chi connectivity index (χ4n) is 1.04. The van der Waals surface area contributed by atoms with Gasteiger partial charge in [-0.05, 0) is 17.7 Å². The smallest absolute Gasteiger partial charge is 0.0447 e. The van der Waals surface area contributed by atoms with Crippen molar-refractivity contribution in [2.75, 3.05) is 0 Å². The molecule has 0 atom stereocenters. The molecular weight excluding hydrogens is 110 g/mol. The molecule has 1 aliphatic carbocycles. The molecule has 0 aromatic heterocycles. The lowest BCUT2D eigenvalue weighted by molar-refractivity contribution is 1.26. The van der Waals surface area contributed by atoms with Gasteiger partial charge in [0.1, 0.15) is 0 Å². The van der Waals surface area contributed by atoms with Gasteiger partial charge in [-0.15, -0.1) is 0 Å². The van der Waals surface area contributed by atoms with E-state index in [4.69, 9.17) is 0 Å². The zero-order valence-corrected chi connectivity index (χ0v) is 5.04.